The number of carbonyl (C=O) groups excluding carboxylic acids is 1. The maximum atomic E-state index is 11.1. The van der Waals surface area contributed by atoms with Crippen LogP contribution in [0.3, 0.4) is 0 Å². The van der Waals surface area contributed by atoms with E-state index in [0.717, 1.165) is 12.8 Å². The van der Waals surface area contributed by atoms with E-state index in [0.29, 0.717) is 12.1 Å². The maximum Gasteiger partial charge on any atom is 0.305 e. The summed E-state index contributed by atoms with van der Waals surface area (Å²) in [6.45, 7) is 5.93. The standard InChI is InChI=1S/C11H21NO2/c1-5-9(7-11(13)14-4)10(6-2)8(3)12/h9-10,12H,5-7H2,1-4H3/t9?,10-/m1/s1. The summed E-state index contributed by atoms with van der Waals surface area (Å²) < 4.78 is 4.65. The van der Waals surface area contributed by atoms with Crippen molar-refractivity contribution in [2.75, 3.05) is 7.11 Å². The zero-order chi connectivity index (χ0) is 11.1. The second kappa shape index (κ2) is 6.57. The molecule has 0 aliphatic rings. The molecule has 0 aromatic rings. The lowest BCUT2D eigenvalue weighted by atomic mass is 9.82. The zero-order valence-corrected chi connectivity index (χ0v) is 9.59. The van der Waals surface area contributed by atoms with Crippen molar-refractivity contribution in [1.82, 2.24) is 0 Å². The van der Waals surface area contributed by atoms with Gasteiger partial charge < -0.3 is 10.1 Å². The summed E-state index contributed by atoms with van der Waals surface area (Å²) in [5.74, 6) is 0.306. The Hall–Kier alpha value is -0.860. The Balaban J connectivity index is 4.36. The van der Waals surface area contributed by atoms with Crippen molar-refractivity contribution in [3.05, 3.63) is 0 Å². The lowest BCUT2D eigenvalue weighted by Gasteiger charge is -2.23. The minimum Gasteiger partial charge on any atom is -0.469 e. The number of hydrogen-bond acceptors (Lipinski definition) is 3. The summed E-state index contributed by atoms with van der Waals surface area (Å²) >= 11 is 0. The van der Waals surface area contributed by atoms with Crippen LogP contribution >= 0.6 is 0 Å². The van der Waals surface area contributed by atoms with Gasteiger partial charge in [0.2, 0.25) is 0 Å². The topological polar surface area (TPSA) is 50.2 Å². The number of hydrogen-bond donors (Lipinski definition) is 1. The zero-order valence-electron chi connectivity index (χ0n) is 9.59. The van der Waals surface area contributed by atoms with Crippen molar-refractivity contribution in [3.8, 4) is 0 Å². The van der Waals surface area contributed by atoms with E-state index in [-0.39, 0.29) is 17.8 Å². The fourth-order valence-electron chi connectivity index (χ4n) is 1.86. The van der Waals surface area contributed by atoms with E-state index in [1.54, 1.807) is 0 Å². The highest BCUT2D eigenvalue weighted by atomic mass is 16.5. The molecule has 0 spiro atoms. The Labute approximate surface area is 86.3 Å². The van der Waals surface area contributed by atoms with E-state index in [4.69, 9.17) is 5.41 Å². The number of rotatable bonds is 6. The molecule has 0 rings (SSSR count). The smallest absolute Gasteiger partial charge is 0.305 e. The Morgan fingerprint density at radius 3 is 2.21 bits per heavy atom. The van der Waals surface area contributed by atoms with Gasteiger partial charge in [-0.25, -0.2) is 0 Å². The summed E-state index contributed by atoms with van der Waals surface area (Å²) in [6, 6.07) is 0. The Morgan fingerprint density at radius 1 is 1.36 bits per heavy atom. The van der Waals surface area contributed by atoms with Gasteiger partial charge in [-0.1, -0.05) is 20.3 Å². The highest BCUT2D eigenvalue weighted by molar-refractivity contribution is 5.82. The molecule has 0 aliphatic heterocycles. The van der Waals surface area contributed by atoms with Crippen molar-refractivity contribution in [2.24, 2.45) is 11.8 Å². The van der Waals surface area contributed by atoms with Crippen molar-refractivity contribution in [3.63, 3.8) is 0 Å². The van der Waals surface area contributed by atoms with Gasteiger partial charge in [0.1, 0.15) is 0 Å². The molecule has 3 nitrogen and oxygen atoms in total. The Kier molecular flexibility index (Phi) is 6.17. The predicted octanol–water partition coefficient (Wildman–Crippen LogP) is 2.64. The minimum absolute atomic E-state index is 0.170. The van der Waals surface area contributed by atoms with Crippen LogP contribution in [0, 0.1) is 17.2 Å². The molecule has 0 amide bonds. The molecule has 0 radical (unpaired) electrons. The SMILES string of the molecule is CCC(CC(=O)OC)[C@H](CC)C(C)=N. The lowest BCUT2D eigenvalue weighted by molar-refractivity contribution is -0.142. The van der Waals surface area contributed by atoms with Crippen LogP contribution in [0.4, 0.5) is 0 Å². The van der Waals surface area contributed by atoms with E-state index in [1.807, 2.05) is 6.92 Å². The van der Waals surface area contributed by atoms with Gasteiger partial charge in [0.15, 0.2) is 0 Å². The number of ether oxygens (including phenoxy) is 1. The third kappa shape index (κ3) is 3.90. The largest absolute Gasteiger partial charge is 0.469 e. The first-order valence-corrected chi connectivity index (χ1v) is 5.18. The van der Waals surface area contributed by atoms with Crippen LogP contribution in [0.25, 0.3) is 0 Å². The van der Waals surface area contributed by atoms with Gasteiger partial charge in [0.25, 0.3) is 0 Å². The van der Waals surface area contributed by atoms with E-state index >= 15 is 0 Å². The third-order valence-electron chi connectivity index (χ3n) is 2.75. The lowest BCUT2D eigenvalue weighted by Crippen LogP contribution is -2.23. The number of carbonyl (C=O) groups is 1. The highest BCUT2D eigenvalue weighted by Crippen LogP contribution is 2.24. The molecule has 14 heavy (non-hydrogen) atoms. The predicted molar refractivity (Wildman–Crippen MR) is 57.6 cm³/mol. The maximum absolute atomic E-state index is 11.1. The quantitative estimate of drug-likeness (QED) is 0.528. The normalized spacial score (nSPS) is 14.6. The van der Waals surface area contributed by atoms with Gasteiger partial charge in [-0.15, -0.1) is 0 Å². The summed E-state index contributed by atoms with van der Waals surface area (Å²) in [5.41, 5.74) is 0.670. The summed E-state index contributed by atoms with van der Waals surface area (Å²) in [6.07, 6.45) is 2.27. The molecule has 82 valence electrons. The number of methoxy groups -OCH3 is 1. The second-order valence-electron chi connectivity index (χ2n) is 3.65. The molecule has 1 unspecified atom stereocenters. The number of esters is 1. The third-order valence-corrected chi connectivity index (χ3v) is 2.75. The van der Waals surface area contributed by atoms with Gasteiger partial charge in [-0.2, -0.15) is 0 Å². The molecule has 0 saturated carbocycles. The van der Waals surface area contributed by atoms with Crippen LogP contribution in [0.2, 0.25) is 0 Å². The first-order valence-electron chi connectivity index (χ1n) is 5.18. The van der Waals surface area contributed by atoms with Gasteiger partial charge >= 0.3 is 5.97 Å². The fraction of sp³-hybridized carbons (Fsp3) is 0.818. The van der Waals surface area contributed by atoms with Crippen LogP contribution in [-0.2, 0) is 9.53 Å². The Morgan fingerprint density at radius 2 is 1.93 bits per heavy atom. The molecular weight excluding hydrogens is 178 g/mol. The molecule has 0 heterocycles. The van der Waals surface area contributed by atoms with E-state index < -0.39 is 0 Å². The van der Waals surface area contributed by atoms with Crippen molar-refractivity contribution in [1.29, 1.82) is 5.41 Å². The molecule has 2 atom stereocenters. The number of nitrogens with one attached hydrogen (secondary N) is 1. The first-order chi connectivity index (χ1) is 6.56. The van der Waals surface area contributed by atoms with Crippen LogP contribution < -0.4 is 0 Å². The first kappa shape index (κ1) is 13.1. The molecule has 1 N–H and O–H groups in total. The van der Waals surface area contributed by atoms with Gasteiger partial charge in [0, 0.05) is 12.1 Å². The average Bonchev–Trinajstić information content (AvgIpc) is 2.16. The molecule has 0 aromatic carbocycles. The highest BCUT2D eigenvalue weighted by Gasteiger charge is 2.22. The van der Waals surface area contributed by atoms with E-state index in [9.17, 15) is 4.79 Å². The van der Waals surface area contributed by atoms with Crippen LogP contribution in [-0.4, -0.2) is 18.8 Å². The van der Waals surface area contributed by atoms with Crippen LogP contribution in [0.1, 0.15) is 40.0 Å². The summed E-state index contributed by atoms with van der Waals surface area (Å²) in [7, 11) is 1.41. The van der Waals surface area contributed by atoms with Crippen molar-refractivity contribution in [2.45, 2.75) is 40.0 Å². The Bertz CT molecular complexity index is 201. The minimum atomic E-state index is -0.170. The van der Waals surface area contributed by atoms with Crippen LogP contribution in [0.5, 0.6) is 0 Å². The van der Waals surface area contributed by atoms with Gasteiger partial charge in [-0.3, -0.25) is 4.79 Å². The molecular formula is C11H21NO2. The van der Waals surface area contributed by atoms with Gasteiger partial charge in [0.05, 0.1) is 7.11 Å². The van der Waals surface area contributed by atoms with Gasteiger partial charge in [-0.05, 0) is 25.2 Å². The second-order valence-corrected chi connectivity index (χ2v) is 3.65. The summed E-state index contributed by atoms with van der Waals surface area (Å²) in [5, 5.41) is 7.63. The monoisotopic (exact) mass is 199 g/mol. The fourth-order valence-corrected chi connectivity index (χ4v) is 1.86. The van der Waals surface area contributed by atoms with Crippen molar-refractivity contribution < 1.29 is 9.53 Å². The summed E-state index contributed by atoms with van der Waals surface area (Å²) in [4.78, 5) is 11.1. The van der Waals surface area contributed by atoms with Crippen LogP contribution in [0.15, 0.2) is 0 Å². The molecule has 3 heteroatoms. The molecule has 0 bridgehead atoms. The molecule has 0 aliphatic carbocycles. The van der Waals surface area contributed by atoms with E-state index in [1.165, 1.54) is 7.11 Å². The average molecular weight is 199 g/mol. The molecule has 0 aromatic heterocycles. The van der Waals surface area contributed by atoms with Crippen molar-refractivity contribution >= 4 is 11.7 Å². The molecule has 0 saturated heterocycles. The molecule has 0 fully saturated rings. The van der Waals surface area contributed by atoms with E-state index in [2.05, 4.69) is 18.6 Å².